The molecule has 1 aliphatic carbocycles. The largest absolute Gasteiger partial charge is 0.370 e. The number of carbonyl (C=O) groups is 1. The minimum atomic E-state index is -0.232. The summed E-state index contributed by atoms with van der Waals surface area (Å²) in [5.74, 6) is 0.594. The predicted octanol–water partition coefficient (Wildman–Crippen LogP) is 4.69. The normalized spacial score (nSPS) is 17.4. The number of nitrogens with two attached hydrogens (primary N) is 1. The van der Waals surface area contributed by atoms with E-state index < -0.39 is 0 Å². The molecule has 0 saturated heterocycles. The van der Waals surface area contributed by atoms with Gasteiger partial charge in [0, 0.05) is 23.5 Å². The van der Waals surface area contributed by atoms with Gasteiger partial charge in [-0.2, -0.15) is 0 Å². The van der Waals surface area contributed by atoms with Crippen LogP contribution in [0.2, 0.25) is 0 Å². The number of nitrogens with one attached hydrogen (secondary N) is 4. The standard InChI is InChI=1S/C24H37N7O.2ClH/c1-4-8-16(9-5-2)27-23(32)22-28-18-13-12-15(3)14-17(18)21(31-22)29-19-10-6-7-11-20(19)30-24(25)26;;/h12-14,16,19-20H,4-11H2,1-3H3,(H,27,32)(H4,25,26,30)(H,28,29,31);2*1H/t19-,20+;;/m0../s1. The fourth-order valence-electron chi connectivity index (χ4n) is 4.54. The van der Waals surface area contributed by atoms with E-state index in [9.17, 15) is 4.79 Å². The highest BCUT2D eigenvalue weighted by Gasteiger charge is 2.27. The number of nitrogens with zero attached hydrogens (tertiary/aromatic N) is 2. The Hall–Kier alpha value is -2.32. The highest BCUT2D eigenvalue weighted by atomic mass is 35.5. The van der Waals surface area contributed by atoms with Gasteiger partial charge in [0.25, 0.3) is 5.91 Å². The fourth-order valence-corrected chi connectivity index (χ4v) is 4.54. The van der Waals surface area contributed by atoms with Gasteiger partial charge in [0.15, 0.2) is 5.96 Å². The van der Waals surface area contributed by atoms with Crippen molar-refractivity contribution in [1.29, 1.82) is 5.41 Å². The molecule has 3 rings (SSSR count). The molecule has 1 heterocycles. The van der Waals surface area contributed by atoms with Gasteiger partial charge in [-0.3, -0.25) is 10.2 Å². The molecule has 1 aromatic carbocycles. The van der Waals surface area contributed by atoms with Crippen molar-refractivity contribution in [2.24, 2.45) is 5.73 Å². The van der Waals surface area contributed by atoms with Crippen LogP contribution in [-0.2, 0) is 0 Å². The molecule has 1 saturated carbocycles. The first-order valence-electron chi connectivity index (χ1n) is 11.9. The topological polar surface area (TPSA) is 129 Å². The van der Waals surface area contributed by atoms with Gasteiger partial charge < -0.3 is 21.7 Å². The number of rotatable bonds is 9. The summed E-state index contributed by atoms with van der Waals surface area (Å²) >= 11 is 0. The van der Waals surface area contributed by atoms with Crippen molar-refractivity contribution in [3.8, 4) is 0 Å². The zero-order valence-electron chi connectivity index (χ0n) is 20.3. The van der Waals surface area contributed by atoms with Crippen molar-refractivity contribution in [2.45, 2.75) is 90.3 Å². The molecule has 0 spiro atoms. The maximum Gasteiger partial charge on any atom is 0.289 e. The number of aryl methyl sites for hydroxylation is 1. The average molecular weight is 513 g/mol. The Morgan fingerprint density at radius 2 is 1.76 bits per heavy atom. The maximum atomic E-state index is 13.0. The van der Waals surface area contributed by atoms with Crippen LogP contribution in [0.3, 0.4) is 0 Å². The number of halogens is 2. The number of amides is 1. The van der Waals surface area contributed by atoms with Crippen LogP contribution in [0.25, 0.3) is 10.9 Å². The van der Waals surface area contributed by atoms with Crippen LogP contribution in [0.4, 0.5) is 5.82 Å². The van der Waals surface area contributed by atoms with Gasteiger partial charge >= 0.3 is 0 Å². The Bertz CT molecular complexity index is 950. The van der Waals surface area contributed by atoms with Crippen molar-refractivity contribution in [3.05, 3.63) is 29.6 Å². The van der Waals surface area contributed by atoms with Crippen molar-refractivity contribution >= 4 is 53.4 Å². The SMILES string of the molecule is CCCC(CCC)NC(=O)c1nc(N[C@H]2CCCC[C@H]2NC(=N)N)c2cc(C)ccc2n1.Cl.Cl. The van der Waals surface area contributed by atoms with Crippen LogP contribution >= 0.6 is 24.8 Å². The molecule has 8 nitrogen and oxygen atoms in total. The Labute approximate surface area is 215 Å². The minimum Gasteiger partial charge on any atom is -0.370 e. The van der Waals surface area contributed by atoms with E-state index in [1.54, 1.807) is 0 Å². The third-order valence-corrected chi connectivity index (χ3v) is 6.09. The zero-order valence-corrected chi connectivity index (χ0v) is 22.0. The zero-order chi connectivity index (χ0) is 23.1. The average Bonchev–Trinajstić information content (AvgIpc) is 2.75. The molecule has 1 aliphatic rings. The first-order chi connectivity index (χ1) is 15.4. The van der Waals surface area contributed by atoms with Gasteiger partial charge in [-0.05, 0) is 44.7 Å². The molecule has 0 bridgehead atoms. The highest BCUT2D eigenvalue weighted by molar-refractivity contribution is 5.96. The number of carbonyl (C=O) groups excluding carboxylic acids is 1. The van der Waals surface area contributed by atoms with E-state index >= 15 is 0 Å². The molecule has 2 aromatic rings. The summed E-state index contributed by atoms with van der Waals surface area (Å²) in [6.45, 7) is 6.29. The molecule has 0 aliphatic heterocycles. The number of aromatic nitrogens is 2. The van der Waals surface area contributed by atoms with Gasteiger partial charge in [0.05, 0.1) is 5.52 Å². The molecular weight excluding hydrogens is 473 g/mol. The number of benzene rings is 1. The number of fused-ring (bicyclic) bond motifs is 1. The van der Waals surface area contributed by atoms with Gasteiger partial charge in [0.2, 0.25) is 5.82 Å². The molecule has 1 fully saturated rings. The van der Waals surface area contributed by atoms with Gasteiger partial charge in [-0.1, -0.05) is 51.2 Å². The van der Waals surface area contributed by atoms with Crippen LogP contribution in [0.5, 0.6) is 0 Å². The second kappa shape index (κ2) is 14.2. The van der Waals surface area contributed by atoms with Crippen LogP contribution in [0, 0.1) is 12.3 Å². The molecule has 10 heteroatoms. The molecule has 1 amide bonds. The molecule has 190 valence electrons. The van der Waals surface area contributed by atoms with E-state index in [1.807, 2.05) is 25.1 Å². The summed E-state index contributed by atoms with van der Waals surface area (Å²) < 4.78 is 0. The lowest BCUT2D eigenvalue weighted by atomic mass is 9.90. The summed E-state index contributed by atoms with van der Waals surface area (Å²) in [5.41, 5.74) is 7.46. The minimum absolute atomic E-state index is 0. The third kappa shape index (κ3) is 7.87. The van der Waals surface area contributed by atoms with Crippen molar-refractivity contribution in [3.63, 3.8) is 0 Å². The molecule has 34 heavy (non-hydrogen) atoms. The Morgan fingerprint density at radius 1 is 1.12 bits per heavy atom. The summed E-state index contributed by atoms with van der Waals surface area (Å²) in [5, 5.41) is 18.3. The van der Waals surface area contributed by atoms with Crippen LogP contribution < -0.4 is 21.7 Å². The van der Waals surface area contributed by atoms with E-state index in [-0.39, 0.29) is 60.6 Å². The number of hydrogen-bond donors (Lipinski definition) is 5. The number of guanidine groups is 1. The van der Waals surface area contributed by atoms with E-state index in [0.717, 1.165) is 67.8 Å². The third-order valence-electron chi connectivity index (χ3n) is 6.09. The summed E-state index contributed by atoms with van der Waals surface area (Å²) in [4.78, 5) is 22.3. The molecular formula is C24H39Cl2N7O. The van der Waals surface area contributed by atoms with Crippen molar-refractivity contribution in [1.82, 2.24) is 20.6 Å². The Kier molecular flexibility index (Phi) is 12.4. The Balaban J connectivity index is 0.00000289. The fraction of sp³-hybridized carbons (Fsp3) is 0.583. The predicted molar refractivity (Wildman–Crippen MR) is 145 cm³/mol. The molecule has 6 N–H and O–H groups in total. The molecule has 1 aromatic heterocycles. The van der Waals surface area contributed by atoms with Crippen molar-refractivity contribution in [2.75, 3.05) is 5.32 Å². The lowest BCUT2D eigenvalue weighted by molar-refractivity contribution is 0.0922. The highest BCUT2D eigenvalue weighted by Crippen LogP contribution is 2.27. The monoisotopic (exact) mass is 511 g/mol. The van der Waals surface area contributed by atoms with Crippen LogP contribution in [0.15, 0.2) is 18.2 Å². The van der Waals surface area contributed by atoms with Crippen molar-refractivity contribution < 1.29 is 4.79 Å². The molecule has 2 atom stereocenters. The summed E-state index contributed by atoms with van der Waals surface area (Å²) in [7, 11) is 0. The van der Waals surface area contributed by atoms with Gasteiger partial charge in [-0.25, -0.2) is 9.97 Å². The second-order valence-electron chi connectivity index (χ2n) is 8.86. The first-order valence-corrected chi connectivity index (χ1v) is 11.9. The quantitative estimate of drug-likeness (QED) is 0.245. The van der Waals surface area contributed by atoms with Gasteiger partial charge in [0.1, 0.15) is 5.82 Å². The lowest BCUT2D eigenvalue weighted by Gasteiger charge is -2.33. The summed E-state index contributed by atoms with van der Waals surface area (Å²) in [6.07, 6.45) is 7.98. The van der Waals surface area contributed by atoms with Gasteiger partial charge in [-0.15, -0.1) is 24.8 Å². The first kappa shape index (κ1) is 29.7. The smallest absolute Gasteiger partial charge is 0.289 e. The van der Waals surface area contributed by atoms with Crippen LogP contribution in [-0.4, -0.2) is 40.0 Å². The Morgan fingerprint density at radius 3 is 2.38 bits per heavy atom. The number of anilines is 1. The molecule has 0 radical (unpaired) electrons. The molecule has 0 unspecified atom stereocenters. The number of hydrogen-bond acceptors (Lipinski definition) is 5. The van der Waals surface area contributed by atoms with Crippen LogP contribution in [0.1, 0.15) is 81.4 Å². The van der Waals surface area contributed by atoms with E-state index in [1.165, 1.54) is 0 Å². The second-order valence-corrected chi connectivity index (χ2v) is 8.86. The van der Waals surface area contributed by atoms with E-state index in [4.69, 9.17) is 11.1 Å². The lowest BCUT2D eigenvalue weighted by Crippen LogP contribution is -2.50. The maximum absolute atomic E-state index is 13.0. The van der Waals surface area contributed by atoms with E-state index in [0.29, 0.717) is 5.82 Å². The summed E-state index contributed by atoms with van der Waals surface area (Å²) in [6, 6.07) is 6.23. The van der Waals surface area contributed by atoms with E-state index in [2.05, 4.69) is 39.8 Å².